The first-order valence-electron chi connectivity index (χ1n) is 9.48. The van der Waals surface area contributed by atoms with E-state index in [-0.39, 0.29) is 11.2 Å². The van der Waals surface area contributed by atoms with E-state index in [1.54, 1.807) is 18.2 Å². The normalized spacial score (nSPS) is 10.9. The van der Waals surface area contributed by atoms with Crippen LogP contribution in [-0.2, 0) is 6.61 Å². The fraction of sp³-hybridized carbons (Fsp3) is 0.160. The number of ether oxygens (including phenoxy) is 2. The number of benzene rings is 3. The molecule has 0 spiro atoms. The molecular formula is C25H22O4. The molecule has 3 aromatic carbocycles. The predicted molar refractivity (Wildman–Crippen MR) is 114 cm³/mol. The molecule has 1 aromatic heterocycles. The Hall–Kier alpha value is -3.53. The summed E-state index contributed by atoms with van der Waals surface area (Å²) < 4.78 is 17.3. The minimum atomic E-state index is -0.212. The van der Waals surface area contributed by atoms with E-state index in [1.165, 1.54) is 11.8 Å². The molecule has 4 aromatic rings. The van der Waals surface area contributed by atoms with Crippen LogP contribution in [0.1, 0.15) is 22.3 Å². The lowest BCUT2D eigenvalue weighted by Crippen LogP contribution is -2.05. The van der Waals surface area contributed by atoms with Crippen molar-refractivity contribution in [2.24, 2.45) is 0 Å². The van der Waals surface area contributed by atoms with Crippen molar-refractivity contribution in [1.82, 2.24) is 0 Å². The molecular weight excluding hydrogens is 364 g/mol. The van der Waals surface area contributed by atoms with Crippen molar-refractivity contribution in [3.05, 3.63) is 99.4 Å². The minimum Gasteiger partial charge on any atom is -0.489 e. The van der Waals surface area contributed by atoms with E-state index < -0.39 is 0 Å². The second-order valence-electron chi connectivity index (χ2n) is 7.29. The van der Waals surface area contributed by atoms with Gasteiger partial charge in [0.2, 0.25) is 11.2 Å². The topological polar surface area (TPSA) is 48.7 Å². The number of hydrogen-bond donors (Lipinski definition) is 0. The van der Waals surface area contributed by atoms with Crippen LogP contribution in [0.15, 0.2) is 76.1 Å². The largest absolute Gasteiger partial charge is 0.489 e. The monoisotopic (exact) mass is 386 g/mol. The van der Waals surface area contributed by atoms with Gasteiger partial charge in [-0.15, -0.1) is 0 Å². The van der Waals surface area contributed by atoms with Crippen molar-refractivity contribution >= 4 is 11.0 Å². The van der Waals surface area contributed by atoms with E-state index in [0.29, 0.717) is 29.1 Å². The molecule has 4 rings (SSSR count). The van der Waals surface area contributed by atoms with Gasteiger partial charge in [-0.1, -0.05) is 35.9 Å². The second kappa shape index (κ2) is 7.84. The maximum atomic E-state index is 12.8. The zero-order chi connectivity index (χ0) is 20.4. The summed E-state index contributed by atoms with van der Waals surface area (Å²) in [5.74, 6) is 1.42. The molecule has 29 heavy (non-hydrogen) atoms. The Morgan fingerprint density at radius 2 is 1.62 bits per heavy atom. The summed E-state index contributed by atoms with van der Waals surface area (Å²) in [6, 6.07) is 19.2. The van der Waals surface area contributed by atoms with Gasteiger partial charge in [0.05, 0.1) is 5.39 Å². The van der Waals surface area contributed by atoms with Crippen LogP contribution in [0.4, 0.5) is 0 Å². The van der Waals surface area contributed by atoms with Crippen molar-refractivity contribution in [3.8, 4) is 17.2 Å². The average Bonchev–Trinajstić information content (AvgIpc) is 2.68. The lowest BCUT2D eigenvalue weighted by Gasteiger charge is -2.09. The van der Waals surface area contributed by atoms with Gasteiger partial charge in [-0.2, -0.15) is 0 Å². The Kier molecular flexibility index (Phi) is 5.09. The molecule has 0 fully saturated rings. The highest BCUT2D eigenvalue weighted by atomic mass is 16.5. The maximum Gasteiger partial charge on any atom is 0.235 e. The Morgan fingerprint density at radius 1 is 0.828 bits per heavy atom. The first kappa shape index (κ1) is 18.8. The van der Waals surface area contributed by atoms with E-state index in [2.05, 4.69) is 6.07 Å². The van der Waals surface area contributed by atoms with Gasteiger partial charge in [-0.3, -0.25) is 4.79 Å². The molecule has 4 nitrogen and oxygen atoms in total. The van der Waals surface area contributed by atoms with E-state index in [4.69, 9.17) is 13.9 Å². The quantitative estimate of drug-likeness (QED) is 0.416. The third kappa shape index (κ3) is 4.32. The lowest BCUT2D eigenvalue weighted by atomic mass is 10.1. The molecule has 0 aliphatic rings. The third-order valence-electron chi connectivity index (χ3n) is 4.63. The summed E-state index contributed by atoms with van der Waals surface area (Å²) in [7, 11) is 0. The highest BCUT2D eigenvalue weighted by Gasteiger charge is 2.11. The van der Waals surface area contributed by atoms with Gasteiger partial charge in [-0.05, 0) is 61.7 Å². The van der Waals surface area contributed by atoms with E-state index in [1.807, 2.05) is 57.2 Å². The Labute approximate surface area is 169 Å². The van der Waals surface area contributed by atoms with Gasteiger partial charge in [-0.25, -0.2) is 0 Å². The SMILES string of the molecule is Cc1cccc(COc2ccc3c(=O)c(Oc4cc(C)cc(C)c4)coc3c2)c1. The third-order valence-corrected chi connectivity index (χ3v) is 4.63. The molecule has 0 aliphatic carbocycles. The summed E-state index contributed by atoms with van der Waals surface area (Å²) in [6.07, 6.45) is 1.35. The first-order chi connectivity index (χ1) is 14.0. The first-order valence-corrected chi connectivity index (χ1v) is 9.48. The molecule has 1 heterocycles. The van der Waals surface area contributed by atoms with E-state index in [9.17, 15) is 4.79 Å². The van der Waals surface area contributed by atoms with Gasteiger partial charge in [0.1, 0.15) is 30.0 Å². The van der Waals surface area contributed by atoms with Crippen LogP contribution in [0, 0.1) is 20.8 Å². The maximum absolute atomic E-state index is 12.8. The molecule has 4 heteroatoms. The van der Waals surface area contributed by atoms with Gasteiger partial charge >= 0.3 is 0 Å². The molecule has 0 aliphatic heterocycles. The van der Waals surface area contributed by atoms with Crippen LogP contribution >= 0.6 is 0 Å². The smallest absolute Gasteiger partial charge is 0.235 e. The number of rotatable bonds is 5. The molecule has 0 atom stereocenters. The average molecular weight is 386 g/mol. The molecule has 0 amide bonds. The molecule has 0 unspecified atom stereocenters. The Morgan fingerprint density at radius 3 is 2.38 bits per heavy atom. The van der Waals surface area contributed by atoms with Crippen molar-refractivity contribution in [2.45, 2.75) is 27.4 Å². The van der Waals surface area contributed by atoms with Crippen molar-refractivity contribution < 1.29 is 13.9 Å². The highest BCUT2D eigenvalue weighted by molar-refractivity contribution is 5.79. The van der Waals surface area contributed by atoms with Gasteiger partial charge in [0.25, 0.3) is 0 Å². The minimum absolute atomic E-state index is 0.163. The van der Waals surface area contributed by atoms with E-state index in [0.717, 1.165) is 16.7 Å². The molecule has 0 N–H and O–H groups in total. The van der Waals surface area contributed by atoms with Crippen LogP contribution in [0.25, 0.3) is 11.0 Å². The molecule has 0 saturated carbocycles. The van der Waals surface area contributed by atoms with E-state index >= 15 is 0 Å². The molecule has 0 radical (unpaired) electrons. The Balaban J connectivity index is 1.57. The van der Waals surface area contributed by atoms with Crippen molar-refractivity contribution in [1.29, 1.82) is 0 Å². The predicted octanol–water partition coefficient (Wildman–Crippen LogP) is 6.09. The van der Waals surface area contributed by atoms with Crippen LogP contribution in [0.3, 0.4) is 0 Å². The van der Waals surface area contributed by atoms with Gasteiger partial charge in [0, 0.05) is 6.07 Å². The van der Waals surface area contributed by atoms with Crippen LogP contribution in [0.5, 0.6) is 17.2 Å². The summed E-state index contributed by atoms with van der Waals surface area (Å²) in [5.41, 5.74) is 4.66. The molecule has 146 valence electrons. The standard InChI is InChI=1S/C25H22O4/c1-16-5-4-6-19(10-16)14-27-20-7-8-22-23(13-20)28-15-24(25(22)26)29-21-11-17(2)9-18(3)12-21/h4-13,15H,14H2,1-3H3. The summed E-state index contributed by atoms with van der Waals surface area (Å²) in [6.45, 7) is 6.47. The van der Waals surface area contributed by atoms with Crippen molar-refractivity contribution in [3.63, 3.8) is 0 Å². The zero-order valence-electron chi connectivity index (χ0n) is 16.7. The van der Waals surface area contributed by atoms with Gasteiger partial charge < -0.3 is 13.9 Å². The van der Waals surface area contributed by atoms with Crippen molar-refractivity contribution in [2.75, 3.05) is 0 Å². The van der Waals surface area contributed by atoms with Crippen LogP contribution in [-0.4, -0.2) is 0 Å². The number of fused-ring (bicyclic) bond motifs is 1. The zero-order valence-corrected chi connectivity index (χ0v) is 16.7. The highest BCUT2D eigenvalue weighted by Crippen LogP contribution is 2.25. The van der Waals surface area contributed by atoms with Crippen LogP contribution in [0.2, 0.25) is 0 Å². The molecule has 0 bridgehead atoms. The van der Waals surface area contributed by atoms with Crippen LogP contribution < -0.4 is 14.9 Å². The fourth-order valence-electron chi connectivity index (χ4n) is 3.34. The van der Waals surface area contributed by atoms with Gasteiger partial charge in [0.15, 0.2) is 0 Å². The summed E-state index contributed by atoms with van der Waals surface area (Å²) in [5, 5.41) is 0.454. The molecule has 0 saturated heterocycles. The Bertz CT molecular complexity index is 1220. The number of hydrogen-bond acceptors (Lipinski definition) is 4. The fourth-order valence-corrected chi connectivity index (χ4v) is 3.34. The summed E-state index contributed by atoms with van der Waals surface area (Å²) >= 11 is 0. The summed E-state index contributed by atoms with van der Waals surface area (Å²) in [4.78, 5) is 12.8. The second-order valence-corrected chi connectivity index (χ2v) is 7.29. The lowest BCUT2D eigenvalue weighted by molar-refractivity contribution is 0.306. The number of aryl methyl sites for hydroxylation is 3.